The highest BCUT2D eigenvalue weighted by Crippen LogP contribution is 2.27. The van der Waals surface area contributed by atoms with Crippen LogP contribution in [0.3, 0.4) is 0 Å². The van der Waals surface area contributed by atoms with E-state index in [1.165, 1.54) is 6.07 Å². The summed E-state index contributed by atoms with van der Waals surface area (Å²) in [4.78, 5) is 12.4. The Labute approximate surface area is 185 Å². The minimum Gasteiger partial charge on any atom is -0.457 e. The third-order valence-electron chi connectivity index (χ3n) is 3.99. The van der Waals surface area contributed by atoms with Crippen molar-refractivity contribution < 1.29 is 17.9 Å². The van der Waals surface area contributed by atoms with Crippen molar-refractivity contribution in [2.45, 2.75) is 0 Å². The number of amides is 1. The second-order valence-electron chi connectivity index (χ2n) is 6.36. The van der Waals surface area contributed by atoms with Crippen molar-refractivity contribution in [2.24, 2.45) is 0 Å². The highest BCUT2D eigenvalue weighted by Gasteiger charge is 2.21. The van der Waals surface area contributed by atoms with E-state index in [2.05, 4.69) is 5.32 Å². The maximum absolute atomic E-state index is 12.4. The van der Waals surface area contributed by atoms with E-state index in [9.17, 15) is 13.2 Å². The second kappa shape index (κ2) is 9.38. The quantitative estimate of drug-likeness (QED) is 0.521. The van der Waals surface area contributed by atoms with Gasteiger partial charge in [-0.05, 0) is 54.6 Å². The molecule has 0 spiro atoms. The number of para-hydroxylation sites is 1. The van der Waals surface area contributed by atoms with Crippen molar-refractivity contribution in [3.05, 3.63) is 82.8 Å². The van der Waals surface area contributed by atoms with E-state index in [1.807, 2.05) is 30.3 Å². The lowest BCUT2D eigenvalue weighted by Gasteiger charge is -2.22. The molecule has 9 heteroatoms. The normalized spacial score (nSPS) is 11.0. The molecular formula is C21H18Cl2N2O4S. The molecule has 0 fully saturated rings. The van der Waals surface area contributed by atoms with Gasteiger partial charge < -0.3 is 10.1 Å². The first kappa shape index (κ1) is 22.0. The largest absolute Gasteiger partial charge is 0.457 e. The molecule has 0 aliphatic heterocycles. The molecule has 0 bridgehead atoms. The van der Waals surface area contributed by atoms with Crippen LogP contribution in [0.15, 0.2) is 72.8 Å². The average molecular weight is 465 g/mol. The molecule has 0 aromatic heterocycles. The molecule has 0 saturated heterocycles. The summed E-state index contributed by atoms with van der Waals surface area (Å²) in [6, 6.07) is 20.2. The van der Waals surface area contributed by atoms with Crippen LogP contribution in [0.1, 0.15) is 0 Å². The van der Waals surface area contributed by atoms with Crippen molar-refractivity contribution in [2.75, 3.05) is 22.4 Å². The molecule has 0 aliphatic rings. The highest BCUT2D eigenvalue weighted by molar-refractivity contribution is 7.92. The number of nitrogens with zero attached hydrogens (tertiary/aromatic N) is 1. The summed E-state index contributed by atoms with van der Waals surface area (Å²) in [6.07, 6.45) is 1.04. The number of hydrogen-bond acceptors (Lipinski definition) is 4. The number of nitrogens with one attached hydrogen (secondary N) is 1. The number of rotatable bonds is 7. The molecular weight excluding hydrogens is 447 g/mol. The van der Waals surface area contributed by atoms with Gasteiger partial charge >= 0.3 is 0 Å². The summed E-state index contributed by atoms with van der Waals surface area (Å²) in [6.45, 7) is -0.405. The molecule has 0 radical (unpaired) electrons. The van der Waals surface area contributed by atoms with Gasteiger partial charge in [0.25, 0.3) is 0 Å². The topological polar surface area (TPSA) is 75.7 Å². The van der Waals surface area contributed by atoms with Gasteiger partial charge in [0.05, 0.1) is 22.0 Å². The SMILES string of the molecule is CS(=O)(=O)N(CC(=O)Nc1ccc(Cl)c(Cl)c1)c1ccc(Oc2ccccc2)cc1. The van der Waals surface area contributed by atoms with E-state index in [4.69, 9.17) is 27.9 Å². The molecule has 6 nitrogen and oxygen atoms in total. The van der Waals surface area contributed by atoms with E-state index >= 15 is 0 Å². The number of carbonyl (C=O) groups excluding carboxylic acids is 1. The lowest BCUT2D eigenvalue weighted by atomic mass is 10.3. The van der Waals surface area contributed by atoms with Gasteiger partial charge in [0.1, 0.15) is 18.0 Å². The van der Waals surface area contributed by atoms with E-state index in [1.54, 1.807) is 36.4 Å². The molecule has 156 valence electrons. The Morgan fingerprint density at radius 3 is 2.17 bits per heavy atom. The summed E-state index contributed by atoms with van der Waals surface area (Å²) < 4.78 is 31.3. The number of ether oxygens (including phenoxy) is 1. The lowest BCUT2D eigenvalue weighted by Crippen LogP contribution is -2.37. The van der Waals surface area contributed by atoms with Gasteiger partial charge in [0.2, 0.25) is 15.9 Å². The number of halogens is 2. The summed E-state index contributed by atoms with van der Waals surface area (Å²) in [5.74, 6) is 0.674. The van der Waals surface area contributed by atoms with Crippen molar-refractivity contribution in [3.63, 3.8) is 0 Å². The fourth-order valence-corrected chi connectivity index (χ4v) is 3.76. The van der Waals surface area contributed by atoms with E-state index < -0.39 is 22.5 Å². The maximum Gasteiger partial charge on any atom is 0.245 e. The minimum absolute atomic E-state index is 0.281. The molecule has 30 heavy (non-hydrogen) atoms. The third kappa shape index (κ3) is 5.89. The first-order chi connectivity index (χ1) is 14.2. The van der Waals surface area contributed by atoms with E-state index in [0.717, 1.165) is 10.6 Å². The van der Waals surface area contributed by atoms with Crippen LogP contribution in [0.4, 0.5) is 11.4 Å². The molecule has 1 N–H and O–H groups in total. The Morgan fingerprint density at radius 1 is 0.933 bits per heavy atom. The zero-order valence-corrected chi connectivity index (χ0v) is 18.2. The first-order valence-electron chi connectivity index (χ1n) is 8.78. The predicted octanol–water partition coefficient (Wildman–Crippen LogP) is 5.19. The summed E-state index contributed by atoms with van der Waals surface area (Å²) in [5.41, 5.74) is 0.747. The number of anilines is 2. The first-order valence-corrected chi connectivity index (χ1v) is 11.4. The van der Waals surface area contributed by atoms with Crippen LogP contribution in [-0.2, 0) is 14.8 Å². The van der Waals surface area contributed by atoms with Crippen LogP contribution >= 0.6 is 23.2 Å². The van der Waals surface area contributed by atoms with Crippen LogP contribution in [0.2, 0.25) is 10.0 Å². The van der Waals surface area contributed by atoms with Crippen LogP contribution in [0.5, 0.6) is 11.5 Å². The molecule has 3 rings (SSSR count). The van der Waals surface area contributed by atoms with Crippen LogP contribution in [-0.4, -0.2) is 27.1 Å². The number of benzene rings is 3. The zero-order valence-electron chi connectivity index (χ0n) is 15.9. The maximum atomic E-state index is 12.4. The molecule has 0 saturated carbocycles. The van der Waals surface area contributed by atoms with Gasteiger partial charge in [0.15, 0.2) is 0 Å². The second-order valence-corrected chi connectivity index (χ2v) is 9.08. The Morgan fingerprint density at radius 2 is 1.57 bits per heavy atom. The summed E-state index contributed by atoms with van der Waals surface area (Å²) in [5, 5.41) is 3.25. The van der Waals surface area contributed by atoms with Crippen LogP contribution in [0.25, 0.3) is 0 Å². The number of hydrogen-bond donors (Lipinski definition) is 1. The molecule has 3 aromatic rings. The Kier molecular flexibility index (Phi) is 6.87. The highest BCUT2D eigenvalue weighted by atomic mass is 35.5. The van der Waals surface area contributed by atoms with Crippen molar-refractivity contribution >= 4 is 50.5 Å². The Balaban J connectivity index is 1.74. The summed E-state index contributed by atoms with van der Waals surface area (Å²) >= 11 is 11.8. The smallest absolute Gasteiger partial charge is 0.245 e. The minimum atomic E-state index is -3.71. The molecule has 1 amide bonds. The number of sulfonamides is 1. The van der Waals surface area contributed by atoms with Gasteiger partial charge in [-0.15, -0.1) is 0 Å². The lowest BCUT2D eigenvalue weighted by molar-refractivity contribution is -0.114. The van der Waals surface area contributed by atoms with Gasteiger partial charge in [0, 0.05) is 5.69 Å². The average Bonchev–Trinajstić information content (AvgIpc) is 2.70. The molecule has 3 aromatic carbocycles. The zero-order chi connectivity index (χ0) is 21.7. The Hall–Kier alpha value is -2.74. The molecule has 0 atom stereocenters. The standard InChI is InChI=1S/C21H18Cl2N2O4S/c1-30(27,28)25(14-21(26)24-15-7-12-19(22)20(23)13-15)16-8-10-18(11-9-16)29-17-5-3-2-4-6-17/h2-13H,14H2,1H3,(H,24,26). The van der Waals surface area contributed by atoms with Crippen LogP contribution < -0.4 is 14.4 Å². The molecule has 0 aliphatic carbocycles. The molecule has 0 unspecified atom stereocenters. The molecule has 0 heterocycles. The fraction of sp³-hybridized carbons (Fsp3) is 0.0952. The Bertz CT molecular complexity index is 1140. The van der Waals surface area contributed by atoms with E-state index in [-0.39, 0.29) is 5.02 Å². The van der Waals surface area contributed by atoms with Crippen LogP contribution in [0, 0.1) is 0 Å². The number of carbonyl (C=O) groups is 1. The monoisotopic (exact) mass is 464 g/mol. The van der Waals surface area contributed by atoms with Gasteiger partial charge in [-0.2, -0.15) is 0 Å². The van der Waals surface area contributed by atoms with Gasteiger partial charge in [-0.25, -0.2) is 8.42 Å². The fourth-order valence-electron chi connectivity index (χ4n) is 2.61. The third-order valence-corrected chi connectivity index (χ3v) is 5.87. The van der Waals surface area contributed by atoms with Crippen molar-refractivity contribution in [1.29, 1.82) is 0 Å². The van der Waals surface area contributed by atoms with Gasteiger partial charge in [-0.1, -0.05) is 41.4 Å². The van der Waals surface area contributed by atoms with E-state index in [0.29, 0.717) is 27.9 Å². The summed E-state index contributed by atoms with van der Waals surface area (Å²) in [7, 11) is -3.71. The predicted molar refractivity (Wildman–Crippen MR) is 120 cm³/mol. The van der Waals surface area contributed by atoms with Crippen molar-refractivity contribution in [1.82, 2.24) is 0 Å². The van der Waals surface area contributed by atoms with Crippen molar-refractivity contribution in [3.8, 4) is 11.5 Å². The van der Waals surface area contributed by atoms with Gasteiger partial charge in [-0.3, -0.25) is 9.10 Å².